The van der Waals surface area contributed by atoms with Crippen molar-refractivity contribution < 1.29 is 28.5 Å². The van der Waals surface area contributed by atoms with Gasteiger partial charge in [0, 0.05) is 12.3 Å². The lowest BCUT2D eigenvalue weighted by atomic mass is 10.1. The van der Waals surface area contributed by atoms with E-state index in [9.17, 15) is 9.59 Å². The van der Waals surface area contributed by atoms with Gasteiger partial charge >= 0.3 is 11.9 Å². The van der Waals surface area contributed by atoms with E-state index in [1.54, 1.807) is 38.2 Å². The summed E-state index contributed by atoms with van der Waals surface area (Å²) in [5.74, 6) is -0.109. The third-order valence-corrected chi connectivity index (χ3v) is 3.36. The molecule has 0 saturated carbocycles. The van der Waals surface area contributed by atoms with Gasteiger partial charge in [0.25, 0.3) is 0 Å². The maximum Gasteiger partial charge on any atom is 0.344 e. The number of rotatable bonds is 10. The van der Waals surface area contributed by atoms with Crippen LogP contribution < -0.4 is 9.47 Å². The number of esters is 2. The Kier molecular flexibility index (Phi) is 8.52. The summed E-state index contributed by atoms with van der Waals surface area (Å²) in [6.45, 7) is 3.56. The van der Waals surface area contributed by atoms with Crippen molar-refractivity contribution >= 4 is 24.1 Å². The molecule has 0 aliphatic carbocycles. The fraction of sp³-hybridized carbons (Fsp3) is 0.286. The average molecular weight is 385 g/mol. The van der Waals surface area contributed by atoms with Gasteiger partial charge < -0.3 is 18.9 Å². The van der Waals surface area contributed by atoms with Crippen molar-refractivity contribution in [2.75, 3.05) is 26.4 Å². The molecule has 0 aliphatic heterocycles. The third kappa shape index (κ3) is 7.49. The van der Waals surface area contributed by atoms with Crippen molar-refractivity contribution in [2.45, 2.75) is 13.8 Å². The first-order valence-corrected chi connectivity index (χ1v) is 8.91. The zero-order valence-corrected chi connectivity index (χ0v) is 15.9. The highest BCUT2D eigenvalue weighted by atomic mass is 16.6. The normalized spacial score (nSPS) is 10.5. The predicted molar refractivity (Wildman–Crippen MR) is 104 cm³/mol. The van der Waals surface area contributed by atoms with Crippen LogP contribution in [-0.4, -0.2) is 43.4 Å². The molecule has 0 fully saturated rings. The average Bonchev–Trinajstić information content (AvgIpc) is 2.70. The molecule has 0 spiro atoms. The Hall–Kier alpha value is -3.35. The first kappa shape index (κ1) is 21.0. The van der Waals surface area contributed by atoms with Gasteiger partial charge in [-0.2, -0.15) is 0 Å². The van der Waals surface area contributed by atoms with E-state index in [4.69, 9.17) is 18.9 Å². The predicted octanol–water partition coefficient (Wildman–Crippen LogP) is 3.14. The quantitative estimate of drug-likeness (QED) is 0.581. The van der Waals surface area contributed by atoms with E-state index in [1.807, 2.05) is 30.4 Å². The lowest BCUT2D eigenvalue weighted by molar-refractivity contribution is -0.146. The molecular weight excluding hydrogens is 362 g/mol. The van der Waals surface area contributed by atoms with Crippen LogP contribution in [0.4, 0.5) is 0 Å². The molecule has 2 rings (SSSR count). The minimum absolute atomic E-state index is 0.224. The molecule has 0 bridgehead atoms. The van der Waals surface area contributed by atoms with Gasteiger partial charge in [0.1, 0.15) is 11.5 Å². The van der Waals surface area contributed by atoms with E-state index in [0.29, 0.717) is 11.5 Å². The van der Waals surface area contributed by atoms with Crippen LogP contribution in [-0.2, 0) is 19.1 Å². The molecule has 0 radical (unpaired) electrons. The standard InChI is InChI=1S/C21H23NO6/c1-3-25-20(23)14-27-18-11-16(8-9-17-7-5-6-10-22-17)12-19(13-18)28-15-21(24)26-4-2/h5-13H,3-4,14-15H2,1-2H3/b9-8+. The smallest absolute Gasteiger partial charge is 0.344 e. The molecule has 0 atom stereocenters. The Morgan fingerprint density at radius 1 is 0.893 bits per heavy atom. The van der Waals surface area contributed by atoms with Crippen LogP contribution in [0, 0.1) is 0 Å². The van der Waals surface area contributed by atoms with Crippen molar-refractivity contribution in [3.8, 4) is 11.5 Å². The Bertz CT molecular complexity index is 764. The zero-order chi connectivity index (χ0) is 20.2. The summed E-state index contributed by atoms with van der Waals surface area (Å²) in [5.41, 5.74) is 1.54. The van der Waals surface area contributed by atoms with Gasteiger partial charge in [0.05, 0.1) is 18.9 Å². The molecular formula is C21H23NO6. The van der Waals surface area contributed by atoms with Gasteiger partial charge in [0.2, 0.25) is 0 Å². The molecule has 0 aliphatic rings. The summed E-state index contributed by atoms with van der Waals surface area (Å²) in [5, 5.41) is 0. The highest BCUT2D eigenvalue weighted by molar-refractivity contribution is 5.73. The van der Waals surface area contributed by atoms with Crippen molar-refractivity contribution in [1.29, 1.82) is 0 Å². The molecule has 0 unspecified atom stereocenters. The van der Waals surface area contributed by atoms with Crippen LogP contribution in [0.15, 0.2) is 42.6 Å². The van der Waals surface area contributed by atoms with E-state index >= 15 is 0 Å². The maximum absolute atomic E-state index is 11.5. The number of aromatic nitrogens is 1. The van der Waals surface area contributed by atoms with Crippen LogP contribution >= 0.6 is 0 Å². The first-order chi connectivity index (χ1) is 13.6. The molecule has 0 saturated heterocycles. The van der Waals surface area contributed by atoms with Crippen LogP contribution in [0.2, 0.25) is 0 Å². The number of pyridine rings is 1. The van der Waals surface area contributed by atoms with Gasteiger partial charge in [-0.1, -0.05) is 12.1 Å². The van der Waals surface area contributed by atoms with Gasteiger partial charge in [-0.05, 0) is 49.8 Å². The summed E-state index contributed by atoms with van der Waals surface area (Å²) in [4.78, 5) is 27.3. The van der Waals surface area contributed by atoms with Crippen LogP contribution in [0.5, 0.6) is 11.5 Å². The van der Waals surface area contributed by atoms with Gasteiger partial charge in [-0.15, -0.1) is 0 Å². The Morgan fingerprint density at radius 2 is 1.50 bits per heavy atom. The SMILES string of the molecule is CCOC(=O)COc1cc(/C=C/c2ccccn2)cc(OCC(=O)OCC)c1. The number of carbonyl (C=O) groups excluding carboxylic acids is 2. The van der Waals surface area contributed by atoms with Crippen molar-refractivity contribution in [3.63, 3.8) is 0 Å². The number of hydrogen-bond donors (Lipinski definition) is 0. The number of nitrogens with zero attached hydrogens (tertiary/aromatic N) is 1. The third-order valence-electron chi connectivity index (χ3n) is 3.36. The molecule has 0 N–H and O–H groups in total. The first-order valence-electron chi connectivity index (χ1n) is 8.91. The zero-order valence-electron chi connectivity index (χ0n) is 15.9. The number of hydrogen-bond acceptors (Lipinski definition) is 7. The van der Waals surface area contributed by atoms with Gasteiger partial charge in [-0.3, -0.25) is 4.98 Å². The van der Waals surface area contributed by atoms with E-state index in [1.165, 1.54) is 0 Å². The highest BCUT2D eigenvalue weighted by Crippen LogP contribution is 2.24. The molecule has 1 aromatic carbocycles. The van der Waals surface area contributed by atoms with E-state index in [2.05, 4.69) is 4.98 Å². The van der Waals surface area contributed by atoms with Gasteiger partial charge in [0.15, 0.2) is 13.2 Å². The van der Waals surface area contributed by atoms with Gasteiger partial charge in [-0.25, -0.2) is 9.59 Å². The summed E-state index contributed by atoms with van der Waals surface area (Å²) in [7, 11) is 0. The monoisotopic (exact) mass is 385 g/mol. The molecule has 2 aromatic rings. The minimum Gasteiger partial charge on any atom is -0.482 e. The second kappa shape index (κ2) is 11.4. The fourth-order valence-corrected chi connectivity index (χ4v) is 2.20. The Balaban J connectivity index is 2.15. The Labute approximate surface area is 163 Å². The second-order valence-electron chi connectivity index (χ2n) is 5.51. The molecule has 148 valence electrons. The van der Waals surface area contributed by atoms with E-state index < -0.39 is 11.9 Å². The molecule has 7 heteroatoms. The highest BCUT2D eigenvalue weighted by Gasteiger charge is 2.08. The molecule has 7 nitrogen and oxygen atoms in total. The summed E-state index contributed by atoms with van der Waals surface area (Å²) >= 11 is 0. The molecule has 0 amide bonds. The van der Waals surface area contributed by atoms with Crippen LogP contribution in [0.3, 0.4) is 0 Å². The molecule has 1 heterocycles. The van der Waals surface area contributed by atoms with E-state index in [-0.39, 0.29) is 26.4 Å². The van der Waals surface area contributed by atoms with Crippen LogP contribution in [0.1, 0.15) is 25.1 Å². The second-order valence-corrected chi connectivity index (χ2v) is 5.51. The number of carbonyl (C=O) groups is 2. The summed E-state index contributed by atoms with van der Waals surface area (Å²) < 4.78 is 20.7. The van der Waals surface area contributed by atoms with Crippen molar-refractivity contribution in [2.24, 2.45) is 0 Å². The summed E-state index contributed by atoms with van der Waals surface area (Å²) in [6.07, 6.45) is 5.36. The Morgan fingerprint density at radius 3 is 2.00 bits per heavy atom. The minimum atomic E-state index is -0.467. The van der Waals surface area contributed by atoms with Crippen molar-refractivity contribution in [1.82, 2.24) is 4.98 Å². The largest absolute Gasteiger partial charge is 0.482 e. The van der Waals surface area contributed by atoms with E-state index in [0.717, 1.165) is 11.3 Å². The topological polar surface area (TPSA) is 84.0 Å². The maximum atomic E-state index is 11.5. The fourth-order valence-electron chi connectivity index (χ4n) is 2.20. The lowest BCUT2D eigenvalue weighted by Gasteiger charge is -2.11. The number of benzene rings is 1. The number of ether oxygens (including phenoxy) is 4. The van der Waals surface area contributed by atoms with Crippen LogP contribution in [0.25, 0.3) is 12.2 Å². The lowest BCUT2D eigenvalue weighted by Crippen LogP contribution is -2.15. The molecule has 1 aromatic heterocycles. The summed E-state index contributed by atoms with van der Waals surface area (Å²) in [6, 6.07) is 10.7. The van der Waals surface area contributed by atoms with Crippen molar-refractivity contribution in [3.05, 3.63) is 53.9 Å². The molecule has 28 heavy (non-hydrogen) atoms.